The van der Waals surface area contributed by atoms with Gasteiger partial charge >= 0.3 is 0 Å². The number of nitrogens with one attached hydrogen (secondary N) is 1. The van der Waals surface area contributed by atoms with Crippen molar-refractivity contribution in [1.29, 1.82) is 0 Å². The maximum atomic E-state index is 5.36. The highest BCUT2D eigenvalue weighted by atomic mass is 32.1. The first-order chi connectivity index (χ1) is 8.89. The van der Waals surface area contributed by atoms with Crippen LogP contribution in [0.1, 0.15) is 27.7 Å². The summed E-state index contributed by atoms with van der Waals surface area (Å²) in [4.78, 5) is 0. The van der Waals surface area contributed by atoms with Gasteiger partial charge in [0.1, 0.15) is 0 Å². The van der Waals surface area contributed by atoms with Gasteiger partial charge in [-0.25, -0.2) is 0 Å². The molecule has 1 aromatic carbocycles. The summed E-state index contributed by atoms with van der Waals surface area (Å²) < 4.78 is 2.79. The first-order valence-electron chi connectivity index (χ1n) is 6.60. The molecule has 0 radical (unpaired) electrons. The lowest BCUT2D eigenvalue weighted by Crippen LogP contribution is -2.22. The van der Waals surface area contributed by atoms with Crippen molar-refractivity contribution >= 4 is 12.2 Å². The average molecular weight is 275 g/mol. The first kappa shape index (κ1) is 14.0. The van der Waals surface area contributed by atoms with Gasteiger partial charge in [0.2, 0.25) is 0 Å². The quantitative estimate of drug-likeness (QED) is 0.848. The zero-order valence-corrected chi connectivity index (χ0v) is 12.8. The average Bonchev–Trinajstić information content (AvgIpc) is 2.71. The lowest BCUT2D eigenvalue weighted by molar-refractivity contribution is 0.232. The van der Waals surface area contributed by atoms with Crippen LogP contribution in [0.2, 0.25) is 0 Å². The summed E-state index contributed by atoms with van der Waals surface area (Å²) >= 11 is 5.36. The zero-order valence-electron chi connectivity index (χ0n) is 12.0. The molecule has 1 heterocycles. The van der Waals surface area contributed by atoms with E-state index in [9.17, 15) is 0 Å². The fourth-order valence-corrected chi connectivity index (χ4v) is 2.05. The molecule has 2 rings (SSSR count). The molecule has 0 aliphatic carbocycles. The summed E-state index contributed by atoms with van der Waals surface area (Å²) in [5.41, 5.74) is 1.34. The molecular weight excluding hydrogens is 254 g/mol. The fraction of sp³-hybridized carbons (Fsp3) is 0.467. The highest BCUT2D eigenvalue weighted by molar-refractivity contribution is 7.71. The molecule has 3 nitrogen and oxygen atoms in total. The lowest BCUT2D eigenvalue weighted by Gasteiger charge is -2.27. The predicted octanol–water partition coefficient (Wildman–Crippen LogP) is 4.29. The van der Waals surface area contributed by atoms with Gasteiger partial charge in [-0.1, -0.05) is 58.0 Å². The van der Waals surface area contributed by atoms with Crippen LogP contribution in [0.4, 0.5) is 0 Å². The summed E-state index contributed by atoms with van der Waals surface area (Å²) in [7, 11) is 0. The van der Waals surface area contributed by atoms with E-state index in [0.717, 1.165) is 17.9 Å². The molecule has 0 spiro atoms. The van der Waals surface area contributed by atoms with Crippen molar-refractivity contribution in [3.63, 3.8) is 0 Å². The molecule has 1 unspecified atom stereocenters. The monoisotopic (exact) mass is 275 g/mol. The Bertz CT molecular complexity index is 590. The van der Waals surface area contributed by atoms with Gasteiger partial charge in [0.25, 0.3) is 0 Å². The second-order valence-corrected chi connectivity index (χ2v) is 6.48. The lowest BCUT2D eigenvalue weighted by atomic mass is 9.82. The first-order valence-corrected chi connectivity index (χ1v) is 7.01. The molecule has 4 heteroatoms. The highest BCUT2D eigenvalue weighted by Gasteiger charge is 2.22. The molecule has 0 amide bonds. The van der Waals surface area contributed by atoms with E-state index in [1.165, 1.54) is 0 Å². The molecule has 1 atom stereocenters. The van der Waals surface area contributed by atoms with E-state index in [1.807, 2.05) is 18.2 Å². The molecule has 0 saturated heterocycles. The third-order valence-corrected chi connectivity index (χ3v) is 4.04. The molecule has 2 aromatic rings. The van der Waals surface area contributed by atoms with E-state index in [4.69, 9.17) is 12.2 Å². The predicted molar refractivity (Wildman–Crippen MR) is 81.5 cm³/mol. The van der Waals surface area contributed by atoms with Gasteiger partial charge in [-0.15, -0.1) is 0 Å². The molecule has 0 aliphatic rings. The molecule has 1 N–H and O–H groups in total. The Kier molecular flexibility index (Phi) is 3.90. The topological polar surface area (TPSA) is 33.6 Å². The van der Waals surface area contributed by atoms with Crippen molar-refractivity contribution in [3.05, 3.63) is 35.1 Å². The third-order valence-electron chi connectivity index (χ3n) is 3.73. The van der Waals surface area contributed by atoms with Crippen LogP contribution in [0.3, 0.4) is 0 Å². The number of aromatic nitrogens is 3. The van der Waals surface area contributed by atoms with Crippen LogP contribution >= 0.6 is 12.2 Å². The number of rotatable bonds is 3. The van der Waals surface area contributed by atoms with Gasteiger partial charge in [0.05, 0.1) is 0 Å². The van der Waals surface area contributed by atoms with Gasteiger partial charge in [0.15, 0.2) is 10.6 Å². The van der Waals surface area contributed by atoms with Gasteiger partial charge in [-0.3, -0.25) is 9.67 Å². The number of H-pyrrole nitrogens is 1. The van der Waals surface area contributed by atoms with Crippen molar-refractivity contribution in [1.82, 2.24) is 14.8 Å². The second kappa shape index (κ2) is 5.29. The van der Waals surface area contributed by atoms with Crippen LogP contribution in [0.15, 0.2) is 30.3 Å². The molecule has 102 valence electrons. The molecule has 0 saturated carbocycles. The van der Waals surface area contributed by atoms with E-state index in [-0.39, 0.29) is 5.41 Å². The summed E-state index contributed by atoms with van der Waals surface area (Å²) in [6.07, 6.45) is 0. The van der Waals surface area contributed by atoms with Gasteiger partial charge in [0, 0.05) is 12.1 Å². The maximum absolute atomic E-state index is 5.36. The minimum Gasteiger partial charge on any atom is -0.300 e. The third kappa shape index (κ3) is 3.13. The Morgan fingerprint density at radius 1 is 1.26 bits per heavy atom. The number of aromatic amines is 1. The van der Waals surface area contributed by atoms with Crippen molar-refractivity contribution < 1.29 is 0 Å². The van der Waals surface area contributed by atoms with Crippen molar-refractivity contribution in [2.45, 2.75) is 34.2 Å². The normalized spacial score (nSPS) is 13.5. The summed E-state index contributed by atoms with van der Waals surface area (Å²) in [6, 6.07) is 10.2. The van der Waals surface area contributed by atoms with Crippen LogP contribution in [0.5, 0.6) is 0 Å². The summed E-state index contributed by atoms with van der Waals surface area (Å²) in [6.45, 7) is 9.89. The molecule has 0 aliphatic heterocycles. The SMILES string of the molecule is CC(Cn1c(-c2ccccc2)n[nH]c1=S)C(C)(C)C. The van der Waals surface area contributed by atoms with Crippen molar-refractivity contribution in [2.75, 3.05) is 0 Å². The highest BCUT2D eigenvalue weighted by Crippen LogP contribution is 2.28. The van der Waals surface area contributed by atoms with E-state index in [2.05, 4.69) is 54.6 Å². The van der Waals surface area contributed by atoms with Gasteiger partial charge < -0.3 is 0 Å². The number of nitrogens with zero attached hydrogens (tertiary/aromatic N) is 2. The number of hydrogen-bond acceptors (Lipinski definition) is 2. The van der Waals surface area contributed by atoms with Crippen LogP contribution in [-0.4, -0.2) is 14.8 Å². The van der Waals surface area contributed by atoms with Crippen LogP contribution in [0, 0.1) is 16.1 Å². The van der Waals surface area contributed by atoms with E-state index in [1.54, 1.807) is 0 Å². The number of hydrogen-bond donors (Lipinski definition) is 1. The van der Waals surface area contributed by atoms with Crippen LogP contribution in [0.25, 0.3) is 11.4 Å². The largest absolute Gasteiger partial charge is 0.300 e. The molecule has 0 bridgehead atoms. The van der Waals surface area contributed by atoms with Crippen LogP contribution in [-0.2, 0) is 6.54 Å². The molecule has 19 heavy (non-hydrogen) atoms. The van der Waals surface area contributed by atoms with E-state index in [0.29, 0.717) is 10.7 Å². The second-order valence-electron chi connectivity index (χ2n) is 6.10. The van der Waals surface area contributed by atoms with Gasteiger partial charge in [-0.05, 0) is 23.6 Å². The van der Waals surface area contributed by atoms with Crippen LogP contribution < -0.4 is 0 Å². The standard InChI is InChI=1S/C15H21N3S/c1-11(15(2,3)4)10-18-13(16-17-14(18)19)12-8-6-5-7-9-12/h5-9,11H,10H2,1-4H3,(H,17,19). The number of benzene rings is 1. The Hall–Kier alpha value is -1.42. The summed E-state index contributed by atoms with van der Waals surface area (Å²) in [5, 5.41) is 7.28. The van der Waals surface area contributed by atoms with E-state index >= 15 is 0 Å². The minimum absolute atomic E-state index is 0.250. The van der Waals surface area contributed by atoms with Gasteiger partial charge in [-0.2, -0.15) is 5.10 Å². The maximum Gasteiger partial charge on any atom is 0.195 e. The molecule has 1 aromatic heterocycles. The Morgan fingerprint density at radius 3 is 2.47 bits per heavy atom. The molecular formula is C15H21N3S. The summed E-state index contributed by atoms with van der Waals surface area (Å²) in [5.74, 6) is 1.43. The zero-order chi connectivity index (χ0) is 14.0. The Labute approximate surface area is 119 Å². The smallest absolute Gasteiger partial charge is 0.195 e. The molecule has 0 fully saturated rings. The fourth-order valence-electron chi connectivity index (χ4n) is 1.84. The van der Waals surface area contributed by atoms with Crippen molar-refractivity contribution in [2.24, 2.45) is 11.3 Å². The Balaban J connectivity index is 2.37. The van der Waals surface area contributed by atoms with E-state index < -0.39 is 0 Å². The minimum atomic E-state index is 0.250. The van der Waals surface area contributed by atoms with Crippen molar-refractivity contribution in [3.8, 4) is 11.4 Å². The Morgan fingerprint density at radius 2 is 1.89 bits per heavy atom.